The maximum atomic E-state index is 12.5. The summed E-state index contributed by atoms with van der Waals surface area (Å²) in [7, 11) is 5.16. The number of aryl methyl sites for hydroxylation is 3. The van der Waals surface area contributed by atoms with E-state index in [0.717, 1.165) is 22.7 Å². The monoisotopic (exact) mass is 321 g/mol. The fraction of sp³-hybridized carbons (Fsp3) is 0.533. The van der Waals surface area contributed by atoms with Gasteiger partial charge in [0, 0.05) is 33.0 Å². The van der Waals surface area contributed by atoms with Crippen LogP contribution in [-0.2, 0) is 18.3 Å². The highest BCUT2D eigenvalue weighted by molar-refractivity contribution is 5.74. The molecule has 0 aliphatic rings. The lowest BCUT2D eigenvalue weighted by Gasteiger charge is -2.23. The smallest absolute Gasteiger partial charge is 0.318 e. The molecule has 0 radical (unpaired) electrons. The van der Waals surface area contributed by atoms with Crippen molar-refractivity contribution in [2.45, 2.75) is 26.4 Å². The fourth-order valence-corrected chi connectivity index (χ4v) is 2.39. The zero-order valence-corrected chi connectivity index (χ0v) is 14.2. The summed E-state index contributed by atoms with van der Waals surface area (Å²) in [6.07, 6.45) is 1.69. The molecule has 0 fully saturated rings. The molecule has 0 saturated heterocycles. The predicted molar refractivity (Wildman–Crippen MR) is 83.8 cm³/mol. The minimum absolute atomic E-state index is 0.201. The summed E-state index contributed by atoms with van der Waals surface area (Å²) >= 11 is 0. The summed E-state index contributed by atoms with van der Waals surface area (Å²) in [4.78, 5) is 14.1. The van der Waals surface area contributed by atoms with Gasteiger partial charge in [-0.3, -0.25) is 4.68 Å². The van der Waals surface area contributed by atoms with Crippen LogP contribution in [-0.4, -0.2) is 46.6 Å². The van der Waals surface area contributed by atoms with E-state index in [4.69, 9.17) is 9.26 Å². The average Bonchev–Trinajstić information content (AvgIpc) is 3.07. The second-order valence-corrected chi connectivity index (χ2v) is 5.50. The lowest BCUT2D eigenvalue weighted by atomic mass is 10.2. The highest BCUT2D eigenvalue weighted by Gasteiger charge is 2.21. The van der Waals surface area contributed by atoms with Crippen LogP contribution in [0.3, 0.4) is 0 Å². The van der Waals surface area contributed by atoms with Crippen LogP contribution in [0.5, 0.6) is 0 Å². The van der Waals surface area contributed by atoms with Crippen LogP contribution >= 0.6 is 0 Å². The Balaban J connectivity index is 2.05. The zero-order valence-electron chi connectivity index (χ0n) is 14.2. The molecule has 2 aromatic rings. The van der Waals surface area contributed by atoms with Crippen molar-refractivity contribution < 1.29 is 14.1 Å². The molecule has 0 spiro atoms. The van der Waals surface area contributed by atoms with Crippen LogP contribution in [0.2, 0.25) is 0 Å². The Morgan fingerprint density at radius 3 is 2.78 bits per heavy atom. The van der Waals surface area contributed by atoms with Crippen molar-refractivity contribution in [3.05, 3.63) is 35.0 Å². The van der Waals surface area contributed by atoms with Gasteiger partial charge in [-0.05, 0) is 19.9 Å². The molecular formula is C15H23N5O3. The van der Waals surface area contributed by atoms with Crippen molar-refractivity contribution in [1.29, 1.82) is 0 Å². The molecule has 126 valence electrons. The van der Waals surface area contributed by atoms with E-state index in [1.165, 1.54) is 0 Å². The molecule has 8 heteroatoms. The van der Waals surface area contributed by atoms with E-state index >= 15 is 0 Å². The van der Waals surface area contributed by atoms with E-state index in [9.17, 15) is 4.79 Å². The van der Waals surface area contributed by atoms with Crippen LogP contribution in [0.4, 0.5) is 4.79 Å². The van der Waals surface area contributed by atoms with Crippen LogP contribution in [0.1, 0.15) is 28.8 Å². The number of carbonyl (C=O) groups is 1. The van der Waals surface area contributed by atoms with E-state index < -0.39 is 0 Å². The van der Waals surface area contributed by atoms with Gasteiger partial charge in [-0.25, -0.2) is 4.79 Å². The fourth-order valence-electron chi connectivity index (χ4n) is 2.39. The standard InChI is InChI=1S/C15H23N5O3/c1-10-12(11(2)23-18-10)8-19(3)15(21)17-13(9-22-5)14-6-7-16-20(14)4/h6-7,13H,8-9H2,1-5H3,(H,17,21). The minimum Gasteiger partial charge on any atom is -0.382 e. The Labute approximate surface area is 135 Å². The van der Waals surface area contributed by atoms with Gasteiger partial charge in [0.2, 0.25) is 0 Å². The summed E-state index contributed by atoms with van der Waals surface area (Å²) < 4.78 is 12.1. The maximum Gasteiger partial charge on any atom is 0.318 e. The second kappa shape index (κ2) is 7.28. The quantitative estimate of drug-likeness (QED) is 0.872. The van der Waals surface area contributed by atoms with Gasteiger partial charge in [0.1, 0.15) is 5.76 Å². The predicted octanol–water partition coefficient (Wildman–Crippen LogP) is 1.55. The third-order valence-corrected chi connectivity index (χ3v) is 3.77. The van der Waals surface area contributed by atoms with E-state index in [-0.39, 0.29) is 12.1 Å². The van der Waals surface area contributed by atoms with Crippen molar-refractivity contribution in [2.24, 2.45) is 7.05 Å². The van der Waals surface area contributed by atoms with Gasteiger partial charge < -0.3 is 19.5 Å². The van der Waals surface area contributed by atoms with Gasteiger partial charge in [0.15, 0.2) is 0 Å². The molecule has 0 bridgehead atoms. The first kappa shape index (κ1) is 17.0. The van der Waals surface area contributed by atoms with Crippen LogP contribution in [0.15, 0.2) is 16.8 Å². The number of nitrogens with one attached hydrogen (secondary N) is 1. The van der Waals surface area contributed by atoms with Gasteiger partial charge in [-0.2, -0.15) is 5.10 Å². The Morgan fingerprint density at radius 1 is 1.52 bits per heavy atom. The summed E-state index contributed by atoms with van der Waals surface area (Å²) in [6.45, 7) is 4.49. The van der Waals surface area contributed by atoms with Crippen molar-refractivity contribution in [2.75, 3.05) is 20.8 Å². The molecule has 8 nitrogen and oxygen atoms in total. The Kier molecular flexibility index (Phi) is 5.38. The number of aromatic nitrogens is 3. The molecule has 2 aromatic heterocycles. The number of rotatable bonds is 6. The molecular weight excluding hydrogens is 298 g/mol. The van der Waals surface area contributed by atoms with Crippen LogP contribution < -0.4 is 5.32 Å². The van der Waals surface area contributed by atoms with Gasteiger partial charge in [-0.15, -0.1) is 0 Å². The first-order valence-electron chi connectivity index (χ1n) is 7.34. The molecule has 2 heterocycles. The Hall–Kier alpha value is -2.35. The minimum atomic E-state index is -0.271. The van der Waals surface area contributed by atoms with Gasteiger partial charge >= 0.3 is 6.03 Å². The Bertz CT molecular complexity index is 644. The highest BCUT2D eigenvalue weighted by Crippen LogP contribution is 2.16. The number of methoxy groups -OCH3 is 1. The summed E-state index contributed by atoms with van der Waals surface area (Å²) in [6, 6.07) is 1.39. The maximum absolute atomic E-state index is 12.5. The molecule has 1 unspecified atom stereocenters. The van der Waals surface area contributed by atoms with E-state index in [2.05, 4.69) is 15.6 Å². The molecule has 1 atom stereocenters. The van der Waals surface area contributed by atoms with Crippen LogP contribution in [0.25, 0.3) is 0 Å². The third kappa shape index (κ3) is 3.89. The van der Waals surface area contributed by atoms with E-state index in [1.54, 1.807) is 29.9 Å². The summed E-state index contributed by atoms with van der Waals surface area (Å²) in [5.74, 6) is 0.724. The topological polar surface area (TPSA) is 85.4 Å². The lowest BCUT2D eigenvalue weighted by Crippen LogP contribution is -2.41. The SMILES string of the molecule is COCC(NC(=O)N(C)Cc1c(C)noc1C)c1ccnn1C. The number of hydrogen-bond donors (Lipinski definition) is 1. The first-order chi connectivity index (χ1) is 10.9. The number of amides is 2. The molecule has 0 aromatic carbocycles. The van der Waals surface area contributed by atoms with Crippen molar-refractivity contribution in [3.63, 3.8) is 0 Å². The molecule has 0 saturated carbocycles. The number of nitrogens with zero attached hydrogens (tertiary/aromatic N) is 4. The van der Waals surface area contributed by atoms with E-state index in [0.29, 0.717) is 13.2 Å². The molecule has 2 rings (SSSR count). The third-order valence-electron chi connectivity index (χ3n) is 3.77. The molecule has 1 N–H and O–H groups in total. The van der Waals surface area contributed by atoms with Crippen molar-refractivity contribution in [1.82, 2.24) is 25.2 Å². The average molecular weight is 321 g/mol. The van der Waals surface area contributed by atoms with Gasteiger partial charge in [-0.1, -0.05) is 5.16 Å². The Morgan fingerprint density at radius 2 is 2.26 bits per heavy atom. The number of hydrogen-bond acceptors (Lipinski definition) is 5. The number of urea groups is 1. The highest BCUT2D eigenvalue weighted by atomic mass is 16.5. The molecule has 0 aliphatic carbocycles. The van der Waals surface area contributed by atoms with Crippen molar-refractivity contribution in [3.8, 4) is 0 Å². The van der Waals surface area contributed by atoms with Crippen molar-refractivity contribution >= 4 is 6.03 Å². The molecule has 2 amide bonds. The lowest BCUT2D eigenvalue weighted by molar-refractivity contribution is 0.154. The van der Waals surface area contributed by atoms with Crippen LogP contribution in [0, 0.1) is 13.8 Å². The summed E-state index contributed by atoms with van der Waals surface area (Å²) in [5, 5.41) is 11.0. The number of carbonyl (C=O) groups excluding carboxylic acids is 1. The first-order valence-corrected chi connectivity index (χ1v) is 7.34. The van der Waals surface area contributed by atoms with E-state index in [1.807, 2.05) is 27.0 Å². The molecule has 23 heavy (non-hydrogen) atoms. The second-order valence-electron chi connectivity index (χ2n) is 5.50. The summed E-state index contributed by atoms with van der Waals surface area (Å²) in [5.41, 5.74) is 2.60. The number of ether oxygens (including phenoxy) is 1. The van der Waals surface area contributed by atoms with Gasteiger partial charge in [0.25, 0.3) is 0 Å². The van der Waals surface area contributed by atoms with Gasteiger partial charge in [0.05, 0.1) is 30.6 Å². The molecule has 0 aliphatic heterocycles. The zero-order chi connectivity index (χ0) is 17.0. The normalized spacial score (nSPS) is 12.2. The largest absolute Gasteiger partial charge is 0.382 e.